The van der Waals surface area contributed by atoms with Crippen LogP contribution >= 0.6 is 8.73 Å². The van der Waals surface area contributed by atoms with E-state index in [4.69, 9.17) is 0 Å². The molecule has 0 aliphatic rings. The predicted molar refractivity (Wildman–Crippen MR) is 43.5 cm³/mol. The summed E-state index contributed by atoms with van der Waals surface area (Å²) in [4.78, 5) is 27.2. The second kappa shape index (κ2) is 2.96. The highest BCUT2D eigenvalue weighted by Crippen LogP contribution is 2.03. The average molecular weight is 173 g/mol. The molecule has 11 heavy (non-hydrogen) atoms. The van der Waals surface area contributed by atoms with Crippen LogP contribution in [0.2, 0.25) is 0 Å². The molecule has 0 aromatic carbocycles. The second-order valence-corrected chi connectivity index (χ2v) is 2.85. The number of rotatable bonds is 1. The Morgan fingerprint density at radius 1 is 1.55 bits per heavy atom. The smallest absolute Gasteiger partial charge is 0.263 e. The standard InChI is InChI=1S/C5H8N3O2P/c1-3-6-4(9)7-5(10)8(3)11-2/h11H,1-2H3,(H,7,9,10). The van der Waals surface area contributed by atoms with E-state index >= 15 is 0 Å². The summed E-state index contributed by atoms with van der Waals surface area (Å²) in [5, 5.41) is 0. The largest absolute Gasteiger partial charge is 0.350 e. The lowest BCUT2D eigenvalue weighted by atomic mass is 10.7. The zero-order valence-corrected chi connectivity index (χ0v) is 7.21. The van der Waals surface area contributed by atoms with Gasteiger partial charge in [-0.15, -0.1) is 0 Å². The minimum absolute atomic E-state index is 0.296. The lowest BCUT2D eigenvalue weighted by molar-refractivity contribution is 0.844. The van der Waals surface area contributed by atoms with Crippen molar-refractivity contribution in [2.45, 2.75) is 6.92 Å². The van der Waals surface area contributed by atoms with Crippen molar-refractivity contribution in [2.24, 2.45) is 0 Å². The zero-order chi connectivity index (χ0) is 8.43. The van der Waals surface area contributed by atoms with Crippen LogP contribution in [0.3, 0.4) is 0 Å². The van der Waals surface area contributed by atoms with Gasteiger partial charge in [0.1, 0.15) is 5.82 Å². The molecule has 5 nitrogen and oxygen atoms in total. The summed E-state index contributed by atoms with van der Waals surface area (Å²) in [7, 11) is 0.296. The maximum absolute atomic E-state index is 11.0. The van der Waals surface area contributed by atoms with Crippen LogP contribution < -0.4 is 11.4 Å². The van der Waals surface area contributed by atoms with E-state index < -0.39 is 5.69 Å². The van der Waals surface area contributed by atoms with Crippen molar-refractivity contribution in [1.29, 1.82) is 0 Å². The minimum atomic E-state index is -0.581. The van der Waals surface area contributed by atoms with Crippen LogP contribution in [0.4, 0.5) is 0 Å². The Morgan fingerprint density at radius 3 is 2.64 bits per heavy atom. The zero-order valence-electron chi connectivity index (χ0n) is 6.21. The molecule has 1 rings (SSSR count). The number of hydrogen-bond acceptors (Lipinski definition) is 3. The van der Waals surface area contributed by atoms with Crippen molar-refractivity contribution in [3.05, 3.63) is 26.8 Å². The quantitative estimate of drug-likeness (QED) is 0.571. The molecule has 1 aromatic rings. The van der Waals surface area contributed by atoms with E-state index in [0.29, 0.717) is 14.6 Å². The molecule has 0 saturated heterocycles. The second-order valence-electron chi connectivity index (χ2n) is 1.95. The third-order valence-corrected chi connectivity index (χ3v) is 2.20. The van der Waals surface area contributed by atoms with Gasteiger partial charge in [-0.3, -0.25) is 9.32 Å². The topological polar surface area (TPSA) is 67.8 Å². The van der Waals surface area contributed by atoms with Gasteiger partial charge >= 0.3 is 11.4 Å². The summed E-state index contributed by atoms with van der Waals surface area (Å²) in [5.41, 5.74) is -0.967. The van der Waals surface area contributed by atoms with Crippen molar-refractivity contribution in [2.75, 3.05) is 6.66 Å². The molecule has 0 bridgehead atoms. The van der Waals surface area contributed by atoms with Crippen molar-refractivity contribution < 1.29 is 0 Å². The van der Waals surface area contributed by atoms with Gasteiger partial charge in [0.15, 0.2) is 0 Å². The summed E-state index contributed by atoms with van der Waals surface area (Å²) < 4.78 is 1.42. The molecule has 0 aliphatic carbocycles. The number of aryl methyl sites for hydroxylation is 1. The predicted octanol–water partition coefficient (Wildman–Crippen LogP) is -0.689. The molecule has 1 unspecified atom stereocenters. The van der Waals surface area contributed by atoms with Crippen LogP contribution in [-0.2, 0) is 0 Å². The lowest BCUT2D eigenvalue weighted by Crippen LogP contribution is -2.30. The molecule has 0 aliphatic heterocycles. The van der Waals surface area contributed by atoms with E-state index in [1.54, 1.807) is 6.92 Å². The van der Waals surface area contributed by atoms with E-state index in [1.807, 2.05) is 6.66 Å². The first-order chi connectivity index (χ1) is 5.15. The Balaban J connectivity index is 3.49. The van der Waals surface area contributed by atoms with Gasteiger partial charge in [-0.05, 0) is 22.3 Å². The van der Waals surface area contributed by atoms with Crippen molar-refractivity contribution in [3.8, 4) is 0 Å². The van der Waals surface area contributed by atoms with Gasteiger partial charge in [0.25, 0.3) is 0 Å². The number of aromatic amines is 1. The third kappa shape index (κ3) is 1.54. The van der Waals surface area contributed by atoms with Crippen LogP contribution in [0.15, 0.2) is 9.59 Å². The van der Waals surface area contributed by atoms with Gasteiger partial charge in [-0.25, -0.2) is 9.59 Å². The highest BCUT2D eigenvalue weighted by atomic mass is 31.1. The molecule has 6 heteroatoms. The number of nitrogens with zero attached hydrogens (tertiary/aromatic N) is 2. The normalized spacial score (nSPS) is 11.1. The molecular formula is C5H8N3O2P. The molecule has 1 heterocycles. The number of hydrogen-bond donors (Lipinski definition) is 1. The number of aromatic nitrogens is 3. The fourth-order valence-corrected chi connectivity index (χ4v) is 1.42. The van der Waals surface area contributed by atoms with E-state index in [2.05, 4.69) is 9.97 Å². The van der Waals surface area contributed by atoms with Gasteiger partial charge in [0.2, 0.25) is 0 Å². The van der Waals surface area contributed by atoms with Gasteiger partial charge in [-0.2, -0.15) is 4.98 Å². The third-order valence-electron chi connectivity index (χ3n) is 1.23. The Kier molecular flexibility index (Phi) is 2.19. The first-order valence-corrected chi connectivity index (χ1v) is 4.47. The molecule has 0 saturated carbocycles. The minimum Gasteiger partial charge on any atom is -0.263 e. The fraction of sp³-hybridized carbons (Fsp3) is 0.400. The van der Waals surface area contributed by atoms with Gasteiger partial charge in [0, 0.05) is 0 Å². The molecule has 0 amide bonds. The Labute approximate surface area is 64.3 Å². The monoisotopic (exact) mass is 173 g/mol. The summed E-state index contributed by atoms with van der Waals surface area (Å²) >= 11 is 0. The summed E-state index contributed by atoms with van der Waals surface area (Å²) in [5.74, 6) is 0.458. The maximum atomic E-state index is 11.0. The van der Waals surface area contributed by atoms with Crippen LogP contribution in [0.25, 0.3) is 0 Å². The average Bonchev–Trinajstić information content (AvgIpc) is 1.85. The first-order valence-electron chi connectivity index (χ1n) is 3.03. The van der Waals surface area contributed by atoms with Crippen LogP contribution in [0, 0.1) is 6.92 Å². The summed E-state index contributed by atoms with van der Waals surface area (Å²) in [6.07, 6.45) is 0. The van der Waals surface area contributed by atoms with E-state index in [1.165, 1.54) is 4.34 Å². The van der Waals surface area contributed by atoms with E-state index in [9.17, 15) is 9.59 Å². The van der Waals surface area contributed by atoms with Gasteiger partial charge in [-0.1, -0.05) is 0 Å². The summed E-state index contributed by atoms with van der Waals surface area (Å²) in [6, 6.07) is 0. The molecule has 1 N–H and O–H groups in total. The Morgan fingerprint density at radius 2 is 2.18 bits per heavy atom. The molecule has 1 atom stereocenters. The Hall–Kier alpha value is -0.960. The highest BCUT2D eigenvalue weighted by Gasteiger charge is 1.98. The van der Waals surface area contributed by atoms with E-state index in [0.717, 1.165) is 0 Å². The van der Waals surface area contributed by atoms with Crippen LogP contribution in [-0.4, -0.2) is 21.0 Å². The fourth-order valence-electron chi connectivity index (χ4n) is 0.783. The maximum Gasteiger partial charge on any atom is 0.350 e. The van der Waals surface area contributed by atoms with Crippen molar-refractivity contribution in [3.63, 3.8) is 0 Å². The number of nitrogens with one attached hydrogen (secondary N) is 1. The summed E-state index contributed by atoms with van der Waals surface area (Å²) in [6.45, 7) is 3.47. The Bertz CT molecular complexity index is 367. The van der Waals surface area contributed by atoms with Crippen LogP contribution in [0.5, 0.6) is 0 Å². The SMILES string of the molecule is CPn1c(C)nc(=O)[nH]c1=O. The van der Waals surface area contributed by atoms with Crippen LogP contribution in [0.1, 0.15) is 5.82 Å². The molecular weight excluding hydrogens is 165 g/mol. The van der Waals surface area contributed by atoms with Crippen molar-refractivity contribution in [1.82, 2.24) is 14.3 Å². The lowest BCUT2D eigenvalue weighted by Gasteiger charge is -2.01. The molecule has 0 radical (unpaired) electrons. The van der Waals surface area contributed by atoms with Gasteiger partial charge in [0.05, 0.1) is 0 Å². The molecule has 60 valence electrons. The molecule has 1 aromatic heterocycles. The number of H-pyrrole nitrogens is 1. The highest BCUT2D eigenvalue weighted by molar-refractivity contribution is 7.35. The van der Waals surface area contributed by atoms with Crippen molar-refractivity contribution >= 4 is 8.73 Å². The van der Waals surface area contributed by atoms with Gasteiger partial charge < -0.3 is 0 Å². The van der Waals surface area contributed by atoms with E-state index in [-0.39, 0.29) is 5.69 Å². The molecule has 0 fully saturated rings. The molecule has 0 spiro atoms. The first kappa shape index (κ1) is 8.14.